The first-order valence-electron chi connectivity index (χ1n) is 6.46. The summed E-state index contributed by atoms with van der Waals surface area (Å²) in [5.74, 6) is 0.907. The minimum Gasteiger partial charge on any atom is -0.358 e. The molecule has 1 saturated carbocycles. The maximum Gasteiger partial charge on any atom is 0.187 e. The van der Waals surface area contributed by atoms with Crippen LogP contribution in [0.5, 0.6) is 0 Å². The Morgan fingerprint density at radius 3 is 2.82 bits per heavy atom. The van der Waals surface area contributed by atoms with Crippen molar-refractivity contribution in [3.8, 4) is 0 Å². The van der Waals surface area contributed by atoms with Crippen LogP contribution in [0.2, 0.25) is 0 Å². The van der Waals surface area contributed by atoms with E-state index in [1.54, 1.807) is 6.08 Å². The number of thiocarbonyl (C=S) groups is 1. The highest BCUT2D eigenvalue weighted by Gasteiger charge is 2.16. The minimum atomic E-state index is 0.577. The summed E-state index contributed by atoms with van der Waals surface area (Å²) in [5, 5.41) is 7.93. The van der Waals surface area contributed by atoms with E-state index in [-0.39, 0.29) is 0 Å². The minimum absolute atomic E-state index is 0.577. The van der Waals surface area contributed by atoms with Crippen molar-refractivity contribution >= 4 is 23.0 Å². The molecule has 0 bridgehead atoms. The molecule has 1 rings (SSSR count). The van der Waals surface area contributed by atoms with E-state index in [2.05, 4.69) is 29.3 Å². The Morgan fingerprint density at radius 1 is 1.53 bits per heavy atom. The fourth-order valence-corrected chi connectivity index (χ4v) is 2.28. The third-order valence-electron chi connectivity index (χ3n) is 3.10. The molecule has 0 atom stereocenters. The molecule has 0 saturated heterocycles. The van der Waals surface area contributed by atoms with Crippen LogP contribution in [-0.2, 0) is 0 Å². The monoisotopic (exact) mass is 253 g/mol. The highest BCUT2D eigenvalue weighted by Crippen LogP contribution is 2.25. The highest BCUT2D eigenvalue weighted by atomic mass is 32.1. The van der Waals surface area contributed by atoms with Crippen molar-refractivity contribution in [3.63, 3.8) is 0 Å². The van der Waals surface area contributed by atoms with Crippen LogP contribution in [0.25, 0.3) is 0 Å². The van der Waals surface area contributed by atoms with Gasteiger partial charge in [-0.2, -0.15) is 5.10 Å². The summed E-state index contributed by atoms with van der Waals surface area (Å²) in [4.78, 5) is 0. The summed E-state index contributed by atoms with van der Waals surface area (Å²) in [7, 11) is 0. The zero-order valence-corrected chi connectivity index (χ0v) is 11.5. The molecule has 3 nitrogen and oxygen atoms in total. The van der Waals surface area contributed by atoms with Gasteiger partial charge in [0.25, 0.3) is 0 Å². The molecule has 0 aromatic heterocycles. The zero-order chi connectivity index (χ0) is 12.5. The summed E-state index contributed by atoms with van der Waals surface area (Å²) >= 11 is 5.08. The van der Waals surface area contributed by atoms with Crippen LogP contribution in [0.3, 0.4) is 0 Å². The van der Waals surface area contributed by atoms with Gasteiger partial charge in [0.15, 0.2) is 5.11 Å². The van der Waals surface area contributed by atoms with Crippen molar-refractivity contribution in [3.05, 3.63) is 12.7 Å². The summed E-state index contributed by atoms with van der Waals surface area (Å²) in [6, 6.07) is 0. The topological polar surface area (TPSA) is 36.4 Å². The van der Waals surface area contributed by atoms with Crippen LogP contribution in [0.15, 0.2) is 17.8 Å². The third kappa shape index (κ3) is 5.82. The molecule has 2 N–H and O–H groups in total. The van der Waals surface area contributed by atoms with Crippen molar-refractivity contribution in [1.82, 2.24) is 10.7 Å². The first-order chi connectivity index (χ1) is 8.26. The van der Waals surface area contributed by atoms with Gasteiger partial charge in [-0.15, -0.1) is 6.58 Å². The lowest BCUT2D eigenvalue weighted by molar-refractivity contribution is 0.407. The van der Waals surface area contributed by atoms with Gasteiger partial charge < -0.3 is 5.32 Å². The standard InChI is InChI=1S/C13H23N3S/c1-3-5-11-6-8-12(9-7-11)15-16-13(17)14-10-4-2/h4,11H,2-3,5-10H2,1H3,(H2,14,16,17). The smallest absolute Gasteiger partial charge is 0.187 e. The summed E-state index contributed by atoms with van der Waals surface area (Å²) in [6.07, 6.45) is 9.22. The van der Waals surface area contributed by atoms with Crippen LogP contribution >= 0.6 is 12.2 Å². The lowest BCUT2D eigenvalue weighted by Gasteiger charge is -2.22. The van der Waals surface area contributed by atoms with E-state index in [1.807, 2.05) is 0 Å². The van der Waals surface area contributed by atoms with E-state index in [0.717, 1.165) is 18.8 Å². The van der Waals surface area contributed by atoms with Crippen molar-refractivity contribution in [1.29, 1.82) is 0 Å². The molecule has 0 heterocycles. The van der Waals surface area contributed by atoms with Crippen LogP contribution in [0.4, 0.5) is 0 Å². The molecule has 0 unspecified atom stereocenters. The normalized spacial score (nSPS) is 19.6. The Hall–Kier alpha value is -0.900. The Balaban J connectivity index is 2.23. The molecule has 0 aromatic rings. The quantitative estimate of drug-likeness (QED) is 0.449. The highest BCUT2D eigenvalue weighted by molar-refractivity contribution is 7.80. The Kier molecular flexibility index (Phi) is 6.86. The van der Waals surface area contributed by atoms with Crippen LogP contribution in [-0.4, -0.2) is 17.4 Å². The third-order valence-corrected chi connectivity index (χ3v) is 3.34. The fourth-order valence-electron chi connectivity index (χ4n) is 2.15. The van der Waals surface area contributed by atoms with Gasteiger partial charge in [0.1, 0.15) is 0 Å². The van der Waals surface area contributed by atoms with Crippen molar-refractivity contribution in [2.45, 2.75) is 45.4 Å². The molecular weight excluding hydrogens is 230 g/mol. The van der Waals surface area contributed by atoms with Crippen molar-refractivity contribution < 1.29 is 0 Å². The lowest BCUT2D eigenvalue weighted by Crippen LogP contribution is -2.33. The van der Waals surface area contributed by atoms with Crippen LogP contribution in [0, 0.1) is 5.92 Å². The number of nitrogens with zero attached hydrogens (tertiary/aromatic N) is 1. The molecule has 0 spiro atoms. The zero-order valence-electron chi connectivity index (χ0n) is 10.7. The molecule has 0 aliphatic heterocycles. The van der Waals surface area contributed by atoms with Gasteiger partial charge in [0, 0.05) is 12.3 Å². The number of hydrogen-bond acceptors (Lipinski definition) is 2. The second-order valence-corrected chi connectivity index (χ2v) is 4.93. The summed E-state index contributed by atoms with van der Waals surface area (Å²) in [5.41, 5.74) is 4.14. The molecule has 96 valence electrons. The van der Waals surface area contributed by atoms with E-state index in [1.165, 1.54) is 31.4 Å². The predicted molar refractivity (Wildman–Crippen MR) is 78.2 cm³/mol. The second-order valence-electron chi connectivity index (χ2n) is 4.52. The van der Waals surface area contributed by atoms with E-state index in [0.29, 0.717) is 11.7 Å². The SMILES string of the molecule is C=CCNC(=S)NN=C1CCC(CCC)CC1. The molecular formula is C13H23N3S. The number of nitrogens with one attached hydrogen (secondary N) is 2. The number of rotatable bonds is 5. The van der Waals surface area contributed by atoms with Crippen LogP contribution in [0.1, 0.15) is 45.4 Å². The molecule has 0 amide bonds. The Labute approximate surface area is 110 Å². The maximum atomic E-state index is 5.08. The predicted octanol–water partition coefficient (Wildman–Crippen LogP) is 2.98. The van der Waals surface area contributed by atoms with Crippen molar-refractivity contribution in [2.24, 2.45) is 11.0 Å². The fraction of sp³-hybridized carbons (Fsp3) is 0.692. The number of hydrogen-bond donors (Lipinski definition) is 2. The molecule has 1 fully saturated rings. The first-order valence-corrected chi connectivity index (χ1v) is 6.87. The summed E-state index contributed by atoms with van der Waals surface area (Å²) in [6.45, 7) is 6.56. The van der Waals surface area contributed by atoms with Crippen LogP contribution < -0.4 is 10.7 Å². The Bertz CT molecular complexity index is 276. The largest absolute Gasteiger partial charge is 0.358 e. The van der Waals surface area contributed by atoms with E-state index >= 15 is 0 Å². The first kappa shape index (κ1) is 14.2. The molecule has 0 aromatic carbocycles. The van der Waals surface area contributed by atoms with Gasteiger partial charge >= 0.3 is 0 Å². The average Bonchev–Trinajstić information content (AvgIpc) is 2.36. The van der Waals surface area contributed by atoms with E-state index in [9.17, 15) is 0 Å². The van der Waals surface area contributed by atoms with Gasteiger partial charge in [-0.25, -0.2) is 0 Å². The second kappa shape index (κ2) is 8.23. The lowest BCUT2D eigenvalue weighted by atomic mass is 9.85. The Morgan fingerprint density at radius 2 is 2.24 bits per heavy atom. The van der Waals surface area contributed by atoms with Gasteiger partial charge in [-0.3, -0.25) is 5.43 Å². The molecule has 1 aliphatic carbocycles. The van der Waals surface area contributed by atoms with Crippen molar-refractivity contribution in [2.75, 3.05) is 6.54 Å². The van der Waals surface area contributed by atoms with Gasteiger partial charge in [-0.05, 0) is 43.8 Å². The van der Waals surface area contributed by atoms with E-state index < -0.39 is 0 Å². The molecule has 1 aliphatic rings. The number of hydrazone groups is 1. The molecule has 17 heavy (non-hydrogen) atoms. The van der Waals surface area contributed by atoms with E-state index in [4.69, 9.17) is 12.2 Å². The van der Waals surface area contributed by atoms with Gasteiger partial charge in [0.05, 0.1) is 0 Å². The maximum absolute atomic E-state index is 5.08. The molecule has 0 radical (unpaired) electrons. The summed E-state index contributed by atoms with van der Waals surface area (Å²) < 4.78 is 0. The van der Waals surface area contributed by atoms with Gasteiger partial charge in [0.2, 0.25) is 0 Å². The molecule has 4 heteroatoms. The van der Waals surface area contributed by atoms with Gasteiger partial charge in [-0.1, -0.05) is 25.8 Å². The average molecular weight is 253 g/mol.